The first-order valence-electron chi connectivity index (χ1n) is 6.54. The lowest BCUT2D eigenvalue weighted by Gasteiger charge is -2.30. The number of primary amides is 1. The number of rotatable bonds is 5. The van der Waals surface area contributed by atoms with E-state index in [2.05, 4.69) is 5.32 Å². The van der Waals surface area contributed by atoms with Crippen LogP contribution in [-0.4, -0.2) is 28.9 Å². The van der Waals surface area contributed by atoms with E-state index in [1.165, 1.54) is 24.3 Å². The molecule has 1 unspecified atom stereocenters. The fourth-order valence-electron chi connectivity index (χ4n) is 1.78. The Morgan fingerprint density at radius 1 is 1.14 bits per heavy atom. The Kier molecular flexibility index (Phi) is 5.07. The van der Waals surface area contributed by atoms with Gasteiger partial charge in [0.25, 0.3) is 5.91 Å². The third-order valence-corrected chi connectivity index (χ3v) is 3.16. The molecule has 0 saturated heterocycles. The zero-order chi connectivity index (χ0) is 16.2. The van der Waals surface area contributed by atoms with Crippen LogP contribution in [0.2, 0.25) is 0 Å². The van der Waals surface area contributed by atoms with Crippen molar-refractivity contribution >= 4 is 17.8 Å². The fourth-order valence-corrected chi connectivity index (χ4v) is 1.78. The van der Waals surface area contributed by atoms with Crippen molar-refractivity contribution in [1.29, 1.82) is 0 Å². The summed E-state index contributed by atoms with van der Waals surface area (Å²) in [4.78, 5) is 34.0. The number of aliphatic carboxylic acids is 1. The summed E-state index contributed by atoms with van der Waals surface area (Å²) in [6, 6.07) is 5.38. The molecule has 0 spiro atoms. The van der Waals surface area contributed by atoms with Gasteiger partial charge in [-0.2, -0.15) is 0 Å². The van der Waals surface area contributed by atoms with Crippen LogP contribution in [0.25, 0.3) is 0 Å². The standard InChI is InChI=1S/C15H20N2O4/c1-15(2,3)11(8-12(18)19)17-14(21)10-6-4-9(5-7-10)13(16)20/h4-7,11H,8H2,1-3H3,(H2,16,20)(H,17,21)(H,18,19). The summed E-state index contributed by atoms with van der Waals surface area (Å²) in [6.07, 6.45) is -0.158. The van der Waals surface area contributed by atoms with Crippen LogP contribution >= 0.6 is 0 Å². The summed E-state index contributed by atoms with van der Waals surface area (Å²) < 4.78 is 0. The van der Waals surface area contributed by atoms with Gasteiger partial charge in [0, 0.05) is 17.2 Å². The second-order valence-electron chi connectivity index (χ2n) is 5.93. The average molecular weight is 292 g/mol. The molecule has 114 valence electrons. The molecule has 6 nitrogen and oxygen atoms in total. The maximum absolute atomic E-state index is 12.1. The number of carboxylic acids is 1. The third kappa shape index (κ3) is 4.91. The van der Waals surface area contributed by atoms with Crippen molar-refractivity contribution in [3.05, 3.63) is 35.4 Å². The minimum atomic E-state index is -0.973. The van der Waals surface area contributed by atoms with Gasteiger partial charge in [-0.15, -0.1) is 0 Å². The van der Waals surface area contributed by atoms with Gasteiger partial charge in [-0.25, -0.2) is 0 Å². The minimum Gasteiger partial charge on any atom is -0.481 e. The molecule has 0 aliphatic carbocycles. The summed E-state index contributed by atoms with van der Waals surface area (Å²) in [7, 11) is 0. The lowest BCUT2D eigenvalue weighted by molar-refractivity contribution is -0.138. The molecule has 0 fully saturated rings. The molecule has 1 aromatic rings. The fraction of sp³-hybridized carbons (Fsp3) is 0.400. The van der Waals surface area contributed by atoms with Gasteiger partial charge in [-0.1, -0.05) is 20.8 Å². The van der Waals surface area contributed by atoms with Gasteiger partial charge in [-0.05, 0) is 29.7 Å². The van der Waals surface area contributed by atoms with Crippen LogP contribution in [0, 0.1) is 5.41 Å². The van der Waals surface area contributed by atoms with E-state index in [1.807, 2.05) is 20.8 Å². The number of amides is 2. The molecule has 1 aromatic carbocycles. The number of hydrogen-bond acceptors (Lipinski definition) is 3. The van der Waals surface area contributed by atoms with E-state index in [-0.39, 0.29) is 17.7 Å². The third-order valence-electron chi connectivity index (χ3n) is 3.16. The van der Waals surface area contributed by atoms with Gasteiger partial charge in [0.05, 0.1) is 6.42 Å². The highest BCUT2D eigenvalue weighted by molar-refractivity contribution is 5.97. The zero-order valence-corrected chi connectivity index (χ0v) is 12.3. The van der Waals surface area contributed by atoms with Crippen LogP contribution < -0.4 is 11.1 Å². The van der Waals surface area contributed by atoms with E-state index in [0.717, 1.165) is 0 Å². The predicted molar refractivity (Wildman–Crippen MR) is 77.9 cm³/mol. The first-order valence-corrected chi connectivity index (χ1v) is 6.54. The van der Waals surface area contributed by atoms with E-state index in [4.69, 9.17) is 10.8 Å². The first-order chi connectivity index (χ1) is 9.61. The minimum absolute atomic E-state index is 0.158. The Hall–Kier alpha value is -2.37. The molecule has 1 atom stereocenters. The number of carbonyl (C=O) groups excluding carboxylic acids is 2. The highest BCUT2D eigenvalue weighted by Gasteiger charge is 2.28. The lowest BCUT2D eigenvalue weighted by Crippen LogP contribution is -2.45. The number of benzene rings is 1. The summed E-state index contributed by atoms with van der Waals surface area (Å²) in [5, 5.41) is 11.6. The molecule has 0 saturated carbocycles. The molecule has 21 heavy (non-hydrogen) atoms. The van der Waals surface area contributed by atoms with Crippen molar-refractivity contribution in [2.24, 2.45) is 11.1 Å². The van der Waals surface area contributed by atoms with Crippen LogP contribution in [0.5, 0.6) is 0 Å². The second kappa shape index (κ2) is 6.39. The number of nitrogens with two attached hydrogens (primary N) is 1. The van der Waals surface area contributed by atoms with E-state index < -0.39 is 17.9 Å². The van der Waals surface area contributed by atoms with Crippen LogP contribution in [0.4, 0.5) is 0 Å². The quantitative estimate of drug-likeness (QED) is 0.762. The van der Waals surface area contributed by atoms with Gasteiger partial charge in [0.15, 0.2) is 0 Å². The number of hydrogen-bond donors (Lipinski definition) is 3. The summed E-state index contributed by atoms with van der Waals surface area (Å²) in [6.45, 7) is 5.57. The van der Waals surface area contributed by atoms with Crippen molar-refractivity contribution in [3.8, 4) is 0 Å². The van der Waals surface area contributed by atoms with Crippen molar-refractivity contribution in [3.63, 3.8) is 0 Å². The van der Waals surface area contributed by atoms with E-state index >= 15 is 0 Å². The largest absolute Gasteiger partial charge is 0.481 e. The second-order valence-corrected chi connectivity index (χ2v) is 5.93. The summed E-state index contributed by atoms with van der Waals surface area (Å²) >= 11 is 0. The van der Waals surface area contributed by atoms with Crippen molar-refractivity contribution in [2.75, 3.05) is 0 Å². The highest BCUT2D eigenvalue weighted by Crippen LogP contribution is 2.22. The molecule has 4 N–H and O–H groups in total. The smallest absolute Gasteiger partial charge is 0.305 e. The molecular weight excluding hydrogens is 272 g/mol. The van der Waals surface area contributed by atoms with Gasteiger partial charge >= 0.3 is 5.97 Å². The number of nitrogens with one attached hydrogen (secondary N) is 1. The molecule has 6 heteroatoms. The summed E-state index contributed by atoms with van der Waals surface area (Å²) in [5.41, 5.74) is 5.40. The molecule has 2 amide bonds. The maximum Gasteiger partial charge on any atom is 0.305 e. The molecule has 0 radical (unpaired) electrons. The SMILES string of the molecule is CC(C)(C)C(CC(=O)O)NC(=O)c1ccc(C(N)=O)cc1. The molecule has 0 aliphatic rings. The van der Waals surface area contributed by atoms with Crippen molar-refractivity contribution in [2.45, 2.75) is 33.2 Å². The molecule has 0 heterocycles. The van der Waals surface area contributed by atoms with Gasteiger partial charge in [0.2, 0.25) is 5.91 Å². The van der Waals surface area contributed by atoms with Gasteiger partial charge in [-0.3, -0.25) is 14.4 Å². The molecule has 1 rings (SSSR count). The normalized spacial score (nSPS) is 12.5. The Labute approximate surface area is 123 Å². The van der Waals surface area contributed by atoms with Crippen molar-refractivity contribution in [1.82, 2.24) is 5.32 Å². The van der Waals surface area contributed by atoms with Gasteiger partial charge < -0.3 is 16.2 Å². The Bertz CT molecular complexity index is 544. The predicted octanol–water partition coefficient (Wildman–Crippen LogP) is 1.40. The number of carbonyl (C=O) groups is 3. The average Bonchev–Trinajstić information content (AvgIpc) is 2.36. The molecule has 0 bridgehead atoms. The van der Waals surface area contributed by atoms with Crippen LogP contribution in [0.1, 0.15) is 47.9 Å². The lowest BCUT2D eigenvalue weighted by atomic mass is 9.84. The summed E-state index contributed by atoms with van der Waals surface area (Å²) in [5.74, 6) is -1.92. The Morgan fingerprint density at radius 3 is 2.00 bits per heavy atom. The van der Waals surface area contributed by atoms with Crippen LogP contribution in [-0.2, 0) is 4.79 Å². The monoisotopic (exact) mass is 292 g/mol. The first kappa shape index (κ1) is 16.7. The van der Waals surface area contributed by atoms with Crippen LogP contribution in [0.15, 0.2) is 24.3 Å². The maximum atomic E-state index is 12.1. The number of carboxylic acid groups (broad SMARTS) is 1. The molecular formula is C15H20N2O4. The topological polar surface area (TPSA) is 109 Å². The van der Waals surface area contributed by atoms with Crippen molar-refractivity contribution < 1.29 is 19.5 Å². The molecule has 0 aromatic heterocycles. The van der Waals surface area contributed by atoms with E-state index in [9.17, 15) is 14.4 Å². The van der Waals surface area contributed by atoms with Gasteiger partial charge in [0.1, 0.15) is 0 Å². The van der Waals surface area contributed by atoms with Crippen LogP contribution in [0.3, 0.4) is 0 Å². The highest BCUT2D eigenvalue weighted by atomic mass is 16.4. The van der Waals surface area contributed by atoms with E-state index in [0.29, 0.717) is 11.1 Å². The zero-order valence-electron chi connectivity index (χ0n) is 12.3. The van der Waals surface area contributed by atoms with E-state index in [1.54, 1.807) is 0 Å². The molecule has 0 aliphatic heterocycles. The Morgan fingerprint density at radius 2 is 1.62 bits per heavy atom. The Balaban J connectivity index is 2.86.